The van der Waals surface area contributed by atoms with Crippen LogP contribution in [0.4, 0.5) is 0 Å². The Morgan fingerprint density at radius 3 is 2.43 bits per heavy atom. The Kier molecular flexibility index (Phi) is 6.69. The second-order valence-corrected chi connectivity index (χ2v) is 9.11. The molecule has 0 aliphatic heterocycles. The summed E-state index contributed by atoms with van der Waals surface area (Å²) in [6.45, 7) is 0.597. The van der Waals surface area contributed by atoms with E-state index in [0.717, 1.165) is 23.3 Å². The molecule has 1 aliphatic rings. The Labute approximate surface area is 210 Å². The third-order valence-corrected chi connectivity index (χ3v) is 6.26. The molecule has 0 atom stereocenters. The fourth-order valence-corrected chi connectivity index (χ4v) is 4.38. The quantitative estimate of drug-likeness (QED) is 0.384. The summed E-state index contributed by atoms with van der Waals surface area (Å²) in [5.74, 6) is -0.337. The van der Waals surface area contributed by atoms with Gasteiger partial charge in [0.2, 0.25) is 0 Å². The molecule has 0 bridgehead atoms. The maximum atomic E-state index is 13.7. The van der Waals surface area contributed by atoms with Gasteiger partial charge in [0.05, 0.1) is 16.5 Å². The average molecular weight is 479 g/mol. The number of nitrogens with zero attached hydrogens (tertiary/aromatic N) is 1. The van der Waals surface area contributed by atoms with E-state index in [4.69, 9.17) is 18.4 Å². The number of benzene rings is 2. The number of hydrogen-bond donors (Lipinski definition) is 1. The zero-order valence-corrected chi connectivity index (χ0v) is 20.1. The summed E-state index contributed by atoms with van der Waals surface area (Å²) in [7, 11) is 0. The number of carbonyl (C=O) groups excluding carboxylic acids is 1. The van der Waals surface area contributed by atoms with Crippen LogP contribution in [-0.2, 0) is 11.3 Å². The van der Waals surface area contributed by atoms with Crippen molar-refractivity contribution in [2.24, 2.45) is 5.92 Å². The van der Waals surface area contributed by atoms with Crippen LogP contribution < -0.4 is 4.74 Å². The topological polar surface area (TPSA) is 80.0 Å². The number of ether oxygens (including phenoxy) is 1. The minimum atomic E-state index is -2.36. The van der Waals surface area contributed by atoms with Crippen LogP contribution in [0.3, 0.4) is 0 Å². The van der Waals surface area contributed by atoms with Gasteiger partial charge in [-0.3, -0.25) is 9.59 Å². The molecule has 3 aromatic rings. The number of rotatable bonds is 9. The van der Waals surface area contributed by atoms with E-state index in [2.05, 4.69) is 0 Å². The van der Waals surface area contributed by atoms with E-state index in [1.807, 2.05) is 6.07 Å². The number of amides is 1. The van der Waals surface area contributed by atoms with E-state index in [1.54, 1.807) is 60.9 Å². The van der Waals surface area contributed by atoms with Gasteiger partial charge in [-0.1, -0.05) is 30.3 Å². The number of carboxylic acid groups (broad SMARTS) is 1. The summed E-state index contributed by atoms with van der Waals surface area (Å²) in [5.41, 5.74) is 1.19. The highest BCUT2D eigenvalue weighted by molar-refractivity contribution is 5.94. The van der Waals surface area contributed by atoms with Crippen LogP contribution >= 0.6 is 0 Å². The molecular weight excluding hydrogens is 442 g/mol. The van der Waals surface area contributed by atoms with E-state index < -0.39 is 24.4 Å². The van der Waals surface area contributed by atoms with Crippen LogP contribution in [-0.4, -0.2) is 34.0 Å². The number of para-hydroxylation sites is 1. The maximum Gasteiger partial charge on any atom is 0.303 e. The lowest BCUT2D eigenvalue weighted by molar-refractivity contribution is -0.138. The van der Waals surface area contributed by atoms with Gasteiger partial charge in [-0.2, -0.15) is 0 Å². The molecule has 0 saturated heterocycles. The van der Waals surface area contributed by atoms with E-state index in [1.165, 1.54) is 13.8 Å². The molecule has 184 valence electrons. The minimum Gasteiger partial charge on any atom is -0.490 e. The maximum absolute atomic E-state index is 13.7. The molecule has 0 spiro atoms. The molecular formula is C29H33NO5. The van der Waals surface area contributed by atoms with Crippen molar-refractivity contribution in [3.8, 4) is 17.1 Å². The summed E-state index contributed by atoms with van der Waals surface area (Å²) < 4.78 is 38.5. The van der Waals surface area contributed by atoms with E-state index in [0.29, 0.717) is 24.4 Å². The van der Waals surface area contributed by atoms with Crippen molar-refractivity contribution in [3.05, 3.63) is 78.1 Å². The first-order chi connectivity index (χ1) is 18.0. The van der Waals surface area contributed by atoms with Gasteiger partial charge in [0.15, 0.2) is 0 Å². The Bertz CT molecular complexity index is 1240. The third-order valence-electron chi connectivity index (χ3n) is 6.26. The second kappa shape index (κ2) is 11.3. The van der Waals surface area contributed by atoms with Gasteiger partial charge in [-0.15, -0.1) is 0 Å². The molecule has 4 rings (SSSR count). The molecule has 1 heterocycles. The van der Waals surface area contributed by atoms with Gasteiger partial charge < -0.3 is 19.2 Å². The molecule has 6 nitrogen and oxygen atoms in total. The Hall–Kier alpha value is -3.54. The van der Waals surface area contributed by atoms with Crippen molar-refractivity contribution in [2.75, 3.05) is 0 Å². The molecule has 1 aliphatic carbocycles. The van der Waals surface area contributed by atoms with Crippen molar-refractivity contribution in [3.63, 3.8) is 0 Å². The van der Waals surface area contributed by atoms with E-state index >= 15 is 0 Å². The monoisotopic (exact) mass is 478 g/mol. The molecule has 6 heteroatoms. The SMILES string of the molecule is [2H]C(C)(C)N(C(=O)c1ccc(-c2ccco2)cc1)C([2H])([2H])c1ccccc1OC1CCC(CC(=O)O)CC1. The van der Waals surface area contributed by atoms with Gasteiger partial charge >= 0.3 is 5.97 Å². The Morgan fingerprint density at radius 2 is 1.80 bits per heavy atom. The minimum absolute atomic E-state index is 0.116. The molecule has 1 saturated carbocycles. The van der Waals surface area contributed by atoms with Crippen LogP contribution in [0.15, 0.2) is 71.3 Å². The number of hydrogen-bond acceptors (Lipinski definition) is 4. The van der Waals surface area contributed by atoms with Gasteiger partial charge in [0, 0.05) is 35.6 Å². The highest BCUT2D eigenvalue weighted by atomic mass is 16.5. The molecule has 1 fully saturated rings. The molecule has 1 aromatic heterocycles. The number of carboxylic acids is 1. The standard InChI is InChI=1S/C29H33NO5/c1-20(2)30(29(33)23-13-11-22(12-14-23)26-8-5-17-34-26)19-24-6-3-4-7-27(24)35-25-15-9-21(10-16-25)18-28(31)32/h3-8,11-14,17,20-21,25H,9-10,15-16,18-19H2,1-2H3,(H,31,32)/i19D2,20D. The smallest absolute Gasteiger partial charge is 0.303 e. The van der Waals surface area contributed by atoms with E-state index in [9.17, 15) is 9.59 Å². The highest BCUT2D eigenvalue weighted by Gasteiger charge is 2.26. The molecule has 35 heavy (non-hydrogen) atoms. The number of aliphatic carboxylic acids is 1. The van der Waals surface area contributed by atoms with Crippen LogP contribution in [0.2, 0.25) is 0 Å². The molecule has 2 aromatic carbocycles. The normalized spacial score (nSPS) is 19.8. The van der Waals surface area contributed by atoms with Crippen molar-refractivity contribution < 1.29 is 28.0 Å². The van der Waals surface area contributed by atoms with Crippen LogP contribution in [0.25, 0.3) is 11.3 Å². The third kappa shape index (κ3) is 6.32. The first kappa shape index (κ1) is 20.8. The van der Waals surface area contributed by atoms with Gasteiger partial charge in [0.1, 0.15) is 11.5 Å². The van der Waals surface area contributed by atoms with Crippen molar-refractivity contribution in [1.29, 1.82) is 0 Å². The first-order valence-electron chi connectivity index (χ1n) is 13.4. The summed E-state index contributed by atoms with van der Waals surface area (Å²) in [5, 5.41) is 9.07. The first-order valence-corrected chi connectivity index (χ1v) is 11.9. The van der Waals surface area contributed by atoms with Gasteiger partial charge in [0.25, 0.3) is 5.91 Å². The summed E-state index contributed by atoms with van der Waals surface area (Å²) >= 11 is 0. The number of carbonyl (C=O) groups is 2. The Balaban J connectivity index is 1.58. The largest absolute Gasteiger partial charge is 0.490 e. The lowest BCUT2D eigenvalue weighted by Gasteiger charge is -2.31. The van der Waals surface area contributed by atoms with Gasteiger partial charge in [-0.25, -0.2) is 0 Å². The molecule has 0 unspecified atom stereocenters. The zero-order chi connectivity index (χ0) is 27.5. The highest BCUT2D eigenvalue weighted by Crippen LogP contribution is 2.31. The van der Waals surface area contributed by atoms with Crippen molar-refractivity contribution in [1.82, 2.24) is 4.90 Å². The summed E-state index contributed by atoms with van der Waals surface area (Å²) in [6, 6.07) is 15.3. The molecule has 1 amide bonds. The lowest BCUT2D eigenvalue weighted by atomic mass is 9.85. The predicted molar refractivity (Wildman–Crippen MR) is 134 cm³/mol. The van der Waals surface area contributed by atoms with Crippen LogP contribution in [0, 0.1) is 5.92 Å². The van der Waals surface area contributed by atoms with Crippen molar-refractivity contribution >= 4 is 11.9 Å². The zero-order valence-electron chi connectivity index (χ0n) is 23.1. The lowest BCUT2D eigenvalue weighted by Crippen LogP contribution is -2.36. The summed E-state index contributed by atoms with van der Waals surface area (Å²) in [4.78, 5) is 25.7. The van der Waals surface area contributed by atoms with Crippen LogP contribution in [0.1, 0.15) is 66.0 Å². The van der Waals surface area contributed by atoms with Crippen LogP contribution in [0.5, 0.6) is 5.75 Å². The summed E-state index contributed by atoms with van der Waals surface area (Å²) in [6.07, 6.45) is 4.32. The fraction of sp³-hybridized carbons (Fsp3) is 0.379. The predicted octanol–water partition coefficient (Wildman–Crippen LogP) is 6.41. The average Bonchev–Trinajstić information content (AvgIpc) is 3.39. The molecule has 0 radical (unpaired) electrons. The molecule has 1 N–H and O–H groups in total. The van der Waals surface area contributed by atoms with Gasteiger partial charge in [-0.05, 0) is 75.8 Å². The second-order valence-electron chi connectivity index (χ2n) is 9.11. The van der Waals surface area contributed by atoms with Crippen molar-refractivity contribution in [2.45, 2.75) is 64.6 Å². The number of furan rings is 1. The Morgan fingerprint density at radius 1 is 1.09 bits per heavy atom. The fourth-order valence-electron chi connectivity index (χ4n) is 4.38. The van der Waals surface area contributed by atoms with E-state index in [-0.39, 0.29) is 29.6 Å².